The van der Waals surface area contributed by atoms with E-state index in [0.29, 0.717) is 12.5 Å². The number of hydrogen-bond acceptors (Lipinski definition) is 3. The molecule has 0 aliphatic carbocycles. The summed E-state index contributed by atoms with van der Waals surface area (Å²) in [5, 5.41) is 11.5. The Morgan fingerprint density at radius 2 is 2.33 bits per heavy atom. The summed E-state index contributed by atoms with van der Waals surface area (Å²) in [5.74, 6) is 0.115. The number of carbonyl (C=O) groups is 1. The van der Waals surface area contributed by atoms with Crippen LogP contribution in [0, 0.1) is 0 Å². The minimum absolute atomic E-state index is 0.115. The lowest BCUT2D eigenvalue weighted by atomic mass is 10.2. The quantitative estimate of drug-likeness (QED) is 0.628. The van der Waals surface area contributed by atoms with Crippen LogP contribution in [0.1, 0.15) is 32.1 Å². The Morgan fingerprint density at radius 1 is 1.53 bits per heavy atom. The van der Waals surface area contributed by atoms with Crippen molar-refractivity contribution in [3.05, 3.63) is 0 Å². The first kappa shape index (κ1) is 12.5. The predicted octanol–water partition coefficient (Wildman–Crippen LogP) is 0.359. The van der Waals surface area contributed by atoms with Gasteiger partial charge < -0.3 is 15.3 Å². The van der Waals surface area contributed by atoms with Gasteiger partial charge in [0.1, 0.15) is 0 Å². The molecule has 0 bridgehead atoms. The molecule has 1 aliphatic rings. The van der Waals surface area contributed by atoms with Gasteiger partial charge in [0, 0.05) is 25.6 Å². The molecule has 1 fully saturated rings. The second-order valence-corrected chi connectivity index (χ2v) is 4.26. The number of aliphatic hydroxyl groups excluding tert-OH is 1. The third-order valence-electron chi connectivity index (χ3n) is 3.02. The summed E-state index contributed by atoms with van der Waals surface area (Å²) in [7, 11) is 2.11. The highest BCUT2D eigenvalue weighted by Gasteiger charge is 2.20. The number of aliphatic hydroxyl groups is 1. The number of likely N-dealkylation sites (tertiary alicyclic amines) is 1. The van der Waals surface area contributed by atoms with Crippen LogP contribution in [0.25, 0.3) is 0 Å². The number of rotatable bonds is 6. The van der Waals surface area contributed by atoms with E-state index in [0.717, 1.165) is 25.9 Å². The van der Waals surface area contributed by atoms with Crippen molar-refractivity contribution in [2.75, 3.05) is 26.7 Å². The lowest BCUT2D eigenvalue weighted by Crippen LogP contribution is -2.38. The maximum Gasteiger partial charge on any atom is 0.220 e. The van der Waals surface area contributed by atoms with Gasteiger partial charge in [0.25, 0.3) is 0 Å². The zero-order valence-electron chi connectivity index (χ0n) is 9.54. The standard InChI is InChI=1S/C11H22N2O2/c1-13-7-4-5-10(13)9-12-11(15)6-2-3-8-14/h10,14H,2-9H2,1H3,(H,12,15). The molecule has 1 aliphatic heterocycles. The van der Waals surface area contributed by atoms with Crippen LogP contribution in [0.4, 0.5) is 0 Å². The van der Waals surface area contributed by atoms with Crippen LogP contribution in [0.5, 0.6) is 0 Å². The molecule has 88 valence electrons. The van der Waals surface area contributed by atoms with Gasteiger partial charge in [0.2, 0.25) is 5.91 Å². The number of unbranched alkanes of at least 4 members (excludes halogenated alkanes) is 1. The average molecular weight is 214 g/mol. The van der Waals surface area contributed by atoms with E-state index < -0.39 is 0 Å². The highest BCUT2D eigenvalue weighted by atomic mass is 16.2. The first-order valence-electron chi connectivity index (χ1n) is 5.82. The van der Waals surface area contributed by atoms with Crippen LogP contribution in [0.3, 0.4) is 0 Å². The van der Waals surface area contributed by atoms with Crippen molar-refractivity contribution in [3.63, 3.8) is 0 Å². The molecular formula is C11H22N2O2. The molecule has 1 heterocycles. The predicted molar refractivity (Wildman–Crippen MR) is 59.6 cm³/mol. The maximum atomic E-state index is 11.4. The van der Waals surface area contributed by atoms with Crippen molar-refractivity contribution in [2.24, 2.45) is 0 Å². The van der Waals surface area contributed by atoms with Gasteiger partial charge in [-0.2, -0.15) is 0 Å². The Bertz CT molecular complexity index is 197. The molecule has 0 aromatic rings. The fraction of sp³-hybridized carbons (Fsp3) is 0.909. The summed E-state index contributed by atoms with van der Waals surface area (Å²) in [4.78, 5) is 13.7. The van der Waals surface area contributed by atoms with E-state index in [1.54, 1.807) is 0 Å². The molecule has 0 spiro atoms. The molecule has 0 aromatic heterocycles. The van der Waals surface area contributed by atoms with Crippen LogP contribution in [0.15, 0.2) is 0 Å². The summed E-state index contributed by atoms with van der Waals surface area (Å²) in [6.07, 6.45) is 4.46. The van der Waals surface area contributed by atoms with E-state index in [2.05, 4.69) is 17.3 Å². The van der Waals surface area contributed by atoms with Crippen molar-refractivity contribution >= 4 is 5.91 Å². The summed E-state index contributed by atoms with van der Waals surface area (Å²) in [5.41, 5.74) is 0. The van der Waals surface area contributed by atoms with Crippen LogP contribution in [-0.2, 0) is 4.79 Å². The largest absolute Gasteiger partial charge is 0.396 e. The van der Waals surface area contributed by atoms with Crippen molar-refractivity contribution in [1.29, 1.82) is 0 Å². The first-order valence-corrected chi connectivity index (χ1v) is 5.82. The number of likely N-dealkylation sites (N-methyl/N-ethyl adjacent to an activating group) is 1. The van der Waals surface area contributed by atoms with Gasteiger partial charge in [-0.1, -0.05) is 0 Å². The Labute approximate surface area is 91.6 Å². The molecule has 0 radical (unpaired) electrons. The zero-order valence-corrected chi connectivity index (χ0v) is 9.54. The fourth-order valence-electron chi connectivity index (χ4n) is 1.95. The number of amides is 1. The molecule has 4 heteroatoms. The van der Waals surface area contributed by atoms with E-state index in [4.69, 9.17) is 5.11 Å². The Morgan fingerprint density at radius 3 is 2.93 bits per heavy atom. The fourth-order valence-corrected chi connectivity index (χ4v) is 1.95. The third kappa shape index (κ3) is 4.62. The van der Waals surface area contributed by atoms with Gasteiger partial charge in [0.15, 0.2) is 0 Å². The van der Waals surface area contributed by atoms with Gasteiger partial charge in [-0.25, -0.2) is 0 Å². The number of nitrogens with one attached hydrogen (secondary N) is 1. The van der Waals surface area contributed by atoms with E-state index in [-0.39, 0.29) is 12.5 Å². The molecule has 4 nitrogen and oxygen atoms in total. The van der Waals surface area contributed by atoms with Gasteiger partial charge in [-0.3, -0.25) is 4.79 Å². The van der Waals surface area contributed by atoms with Gasteiger partial charge in [-0.15, -0.1) is 0 Å². The van der Waals surface area contributed by atoms with Crippen molar-refractivity contribution in [3.8, 4) is 0 Å². The Kier molecular flexibility index (Phi) is 5.65. The van der Waals surface area contributed by atoms with Gasteiger partial charge >= 0.3 is 0 Å². The van der Waals surface area contributed by atoms with Crippen molar-refractivity contribution in [2.45, 2.75) is 38.1 Å². The molecule has 1 rings (SSSR count). The zero-order chi connectivity index (χ0) is 11.1. The van der Waals surface area contributed by atoms with Crippen molar-refractivity contribution in [1.82, 2.24) is 10.2 Å². The van der Waals surface area contributed by atoms with E-state index in [1.165, 1.54) is 12.8 Å². The molecule has 2 N–H and O–H groups in total. The molecular weight excluding hydrogens is 192 g/mol. The van der Waals surface area contributed by atoms with Crippen LogP contribution in [0.2, 0.25) is 0 Å². The molecule has 1 amide bonds. The summed E-state index contributed by atoms with van der Waals surface area (Å²) >= 11 is 0. The van der Waals surface area contributed by atoms with Gasteiger partial charge in [0.05, 0.1) is 0 Å². The molecule has 15 heavy (non-hydrogen) atoms. The maximum absolute atomic E-state index is 11.4. The summed E-state index contributed by atoms with van der Waals surface area (Å²) in [6.45, 7) is 2.10. The SMILES string of the molecule is CN1CCCC1CNC(=O)CCCCO. The Balaban J connectivity index is 2.05. The minimum atomic E-state index is 0.115. The smallest absolute Gasteiger partial charge is 0.220 e. The Hall–Kier alpha value is -0.610. The van der Waals surface area contributed by atoms with Crippen LogP contribution < -0.4 is 5.32 Å². The molecule has 0 saturated carbocycles. The second kappa shape index (κ2) is 6.80. The average Bonchev–Trinajstić information content (AvgIpc) is 2.61. The van der Waals surface area contributed by atoms with E-state index in [1.807, 2.05) is 0 Å². The van der Waals surface area contributed by atoms with Crippen LogP contribution >= 0.6 is 0 Å². The van der Waals surface area contributed by atoms with E-state index >= 15 is 0 Å². The molecule has 1 atom stereocenters. The second-order valence-electron chi connectivity index (χ2n) is 4.26. The molecule has 1 unspecified atom stereocenters. The lowest BCUT2D eigenvalue weighted by Gasteiger charge is -2.19. The molecule has 0 aromatic carbocycles. The minimum Gasteiger partial charge on any atom is -0.396 e. The number of hydrogen-bond donors (Lipinski definition) is 2. The topological polar surface area (TPSA) is 52.6 Å². The highest BCUT2D eigenvalue weighted by Crippen LogP contribution is 2.13. The number of carbonyl (C=O) groups excluding carboxylic acids is 1. The third-order valence-corrected chi connectivity index (χ3v) is 3.02. The summed E-state index contributed by atoms with van der Waals surface area (Å²) < 4.78 is 0. The monoisotopic (exact) mass is 214 g/mol. The first-order chi connectivity index (χ1) is 7.24. The normalized spacial score (nSPS) is 21.9. The van der Waals surface area contributed by atoms with Gasteiger partial charge in [-0.05, 0) is 39.3 Å². The number of nitrogens with zero attached hydrogens (tertiary/aromatic N) is 1. The van der Waals surface area contributed by atoms with Crippen LogP contribution in [-0.4, -0.2) is 48.7 Å². The lowest BCUT2D eigenvalue weighted by molar-refractivity contribution is -0.121. The highest BCUT2D eigenvalue weighted by molar-refractivity contribution is 5.75. The summed E-state index contributed by atoms with van der Waals surface area (Å²) in [6, 6.07) is 0.520. The molecule has 1 saturated heterocycles. The van der Waals surface area contributed by atoms with E-state index in [9.17, 15) is 4.79 Å². The van der Waals surface area contributed by atoms with Crippen molar-refractivity contribution < 1.29 is 9.90 Å².